The molecule has 1 aromatic carbocycles. The van der Waals surface area contributed by atoms with Gasteiger partial charge in [0.1, 0.15) is 11.9 Å². The van der Waals surface area contributed by atoms with Crippen molar-refractivity contribution in [1.29, 1.82) is 0 Å². The monoisotopic (exact) mass is 444 g/mol. The maximum Gasteiger partial charge on any atom is 0.414 e. The molecule has 3 amide bonds. The van der Waals surface area contributed by atoms with Gasteiger partial charge in [-0.05, 0) is 18.2 Å². The van der Waals surface area contributed by atoms with Crippen molar-refractivity contribution in [2.45, 2.75) is 25.9 Å². The van der Waals surface area contributed by atoms with Crippen molar-refractivity contribution in [3.05, 3.63) is 24.0 Å². The van der Waals surface area contributed by atoms with Gasteiger partial charge >= 0.3 is 12.5 Å². The topological polar surface area (TPSA) is 91.4 Å². The van der Waals surface area contributed by atoms with E-state index in [1.807, 2.05) is 5.32 Å². The standard InChI is InChI=1S/C19H23F3N4O5/c1-2-16(27)26-6-5-24(7-8-30-26)15-4-3-12(9-14(15)20)25-11-13(31-19(25)29)10-23-18(28)17(21)22/h3-4,9,13,17H,2,5-8,10-11H2,1H3,(H,23,28)/t13-/m0/s1. The van der Waals surface area contributed by atoms with Gasteiger partial charge in [0.25, 0.3) is 5.91 Å². The number of ether oxygens (including phenoxy) is 1. The van der Waals surface area contributed by atoms with Crippen LogP contribution in [0.5, 0.6) is 0 Å². The van der Waals surface area contributed by atoms with E-state index in [4.69, 9.17) is 9.57 Å². The van der Waals surface area contributed by atoms with E-state index in [0.717, 1.165) is 0 Å². The van der Waals surface area contributed by atoms with Gasteiger partial charge in [-0.15, -0.1) is 0 Å². The van der Waals surface area contributed by atoms with E-state index in [0.29, 0.717) is 31.7 Å². The molecule has 0 radical (unpaired) electrons. The maximum absolute atomic E-state index is 14.8. The number of nitrogens with one attached hydrogen (secondary N) is 1. The zero-order valence-corrected chi connectivity index (χ0v) is 16.9. The molecule has 2 fully saturated rings. The number of cyclic esters (lactones) is 1. The summed E-state index contributed by atoms with van der Waals surface area (Å²) >= 11 is 0. The van der Waals surface area contributed by atoms with Crippen molar-refractivity contribution in [3.63, 3.8) is 0 Å². The number of hydroxylamine groups is 2. The van der Waals surface area contributed by atoms with Gasteiger partial charge in [-0.25, -0.2) is 14.2 Å². The first-order valence-corrected chi connectivity index (χ1v) is 9.82. The Hall–Kier alpha value is -3.02. The number of rotatable bonds is 6. The molecule has 1 atom stereocenters. The molecule has 170 valence electrons. The summed E-state index contributed by atoms with van der Waals surface area (Å²) in [5.41, 5.74) is 0.536. The number of carbonyl (C=O) groups excluding carboxylic acids is 3. The molecule has 9 nitrogen and oxygen atoms in total. The molecule has 2 aliphatic rings. The minimum Gasteiger partial charge on any atom is -0.442 e. The number of hydrogen-bond acceptors (Lipinski definition) is 6. The Labute approximate surface area is 176 Å². The first-order valence-electron chi connectivity index (χ1n) is 9.82. The van der Waals surface area contributed by atoms with Crippen LogP contribution in [0.4, 0.5) is 29.3 Å². The molecule has 1 N–H and O–H groups in total. The van der Waals surface area contributed by atoms with E-state index in [-0.39, 0.29) is 31.3 Å². The summed E-state index contributed by atoms with van der Waals surface area (Å²) in [7, 11) is 0. The van der Waals surface area contributed by atoms with Crippen LogP contribution in [-0.2, 0) is 19.2 Å². The highest BCUT2D eigenvalue weighted by Crippen LogP contribution is 2.28. The minimum atomic E-state index is -3.16. The fourth-order valence-corrected chi connectivity index (χ4v) is 3.31. The molecule has 3 rings (SSSR count). The van der Waals surface area contributed by atoms with Crippen molar-refractivity contribution in [3.8, 4) is 0 Å². The largest absolute Gasteiger partial charge is 0.442 e. The highest BCUT2D eigenvalue weighted by molar-refractivity contribution is 5.90. The van der Waals surface area contributed by atoms with Crippen LogP contribution >= 0.6 is 0 Å². The fourth-order valence-electron chi connectivity index (χ4n) is 3.31. The Morgan fingerprint density at radius 2 is 2.03 bits per heavy atom. The lowest BCUT2D eigenvalue weighted by atomic mass is 10.2. The van der Waals surface area contributed by atoms with Crippen LogP contribution in [0.2, 0.25) is 0 Å². The van der Waals surface area contributed by atoms with Gasteiger partial charge in [-0.1, -0.05) is 6.92 Å². The van der Waals surface area contributed by atoms with Gasteiger partial charge in [-0.2, -0.15) is 8.78 Å². The lowest BCUT2D eigenvalue weighted by Crippen LogP contribution is -2.37. The molecule has 12 heteroatoms. The second-order valence-corrected chi connectivity index (χ2v) is 6.97. The molecule has 0 bridgehead atoms. The van der Waals surface area contributed by atoms with Gasteiger partial charge in [0.15, 0.2) is 0 Å². The number of benzene rings is 1. The van der Waals surface area contributed by atoms with Crippen molar-refractivity contribution < 1.29 is 37.1 Å². The van der Waals surface area contributed by atoms with Gasteiger partial charge in [0, 0.05) is 19.5 Å². The Morgan fingerprint density at radius 3 is 2.71 bits per heavy atom. The van der Waals surface area contributed by atoms with E-state index in [2.05, 4.69) is 0 Å². The lowest BCUT2D eigenvalue weighted by Gasteiger charge is -2.23. The van der Waals surface area contributed by atoms with E-state index >= 15 is 0 Å². The molecule has 2 saturated heterocycles. The third-order valence-electron chi connectivity index (χ3n) is 4.92. The highest BCUT2D eigenvalue weighted by atomic mass is 19.3. The van der Waals surface area contributed by atoms with Gasteiger partial charge < -0.3 is 15.0 Å². The summed E-state index contributed by atoms with van der Waals surface area (Å²) in [4.78, 5) is 43.2. The molecule has 1 aromatic rings. The van der Waals surface area contributed by atoms with Crippen molar-refractivity contribution in [2.75, 3.05) is 49.1 Å². The predicted molar refractivity (Wildman–Crippen MR) is 103 cm³/mol. The van der Waals surface area contributed by atoms with Crippen molar-refractivity contribution in [2.24, 2.45) is 0 Å². The molecule has 0 unspecified atom stereocenters. The van der Waals surface area contributed by atoms with Crippen molar-refractivity contribution >= 4 is 29.3 Å². The highest BCUT2D eigenvalue weighted by Gasteiger charge is 2.33. The molecule has 2 aliphatic heterocycles. The van der Waals surface area contributed by atoms with Crippen LogP contribution in [0, 0.1) is 5.82 Å². The third kappa shape index (κ3) is 5.37. The Bertz CT molecular complexity index is 841. The summed E-state index contributed by atoms with van der Waals surface area (Å²) in [5.74, 6) is -2.18. The van der Waals surface area contributed by atoms with Crippen LogP contribution < -0.4 is 15.1 Å². The van der Waals surface area contributed by atoms with Crippen LogP contribution in [0.1, 0.15) is 13.3 Å². The Kier molecular flexibility index (Phi) is 7.21. The average Bonchev–Trinajstić information content (AvgIpc) is 2.95. The number of nitrogens with zero attached hydrogens (tertiary/aromatic N) is 3. The van der Waals surface area contributed by atoms with E-state index in [1.54, 1.807) is 17.9 Å². The molecule has 31 heavy (non-hydrogen) atoms. The molecule has 2 heterocycles. The van der Waals surface area contributed by atoms with E-state index < -0.39 is 30.3 Å². The zero-order valence-electron chi connectivity index (χ0n) is 16.9. The first-order chi connectivity index (χ1) is 14.8. The number of amides is 3. The summed E-state index contributed by atoms with van der Waals surface area (Å²) in [6.07, 6.45) is -4.45. The molecular weight excluding hydrogens is 421 g/mol. The summed E-state index contributed by atoms with van der Waals surface area (Å²) in [5, 5.41) is 3.27. The number of halogens is 3. The van der Waals surface area contributed by atoms with Gasteiger partial charge in [0.2, 0.25) is 5.91 Å². The van der Waals surface area contributed by atoms with Gasteiger partial charge in [-0.3, -0.25) is 19.3 Å². The number of anilines is 2. The van der Waals surface area contributed by atoms with Crippen LogP contribution in [-0.4, -0.2) is 74.8 Å². The first kappa shape index (κ1) is 22.7. The van der Waals surface area contributed by atoms with Crippen LogP contribution in [0.3, 0.4) is 0 Å². The number of carbonyl (C=O) groups is 3. The molecule has 0 aliphatic carbocycles. The Balaban J connectivity index is 1.63. The fraction of sp³-hybridized carbons (Fsp3) is 0.526. The second-order valence-electron chi connectivity index (χ2n) is 6.97. The van der Waals surface area contributed by atoms with E-state index in [9.17, 15) is 27.6 Å². The van der Waals surface area contributed by atoms with Crippen LogP contribution in [0.25, 0.3) is 0 Å². The Morgan fingerprint density at radius 1 is 1.26 bits per heavy atom. The maximum atomic E-state index is 14.8. The quantitative estimate of drug-likeness (QED) is 0.716. The van der Waals surface area contributed by atoms with Crippen molar-refractivity contribution in [1.82, 2.24) is 10.4 Å². The van der Waals surface area contributed by atoms with E-state index in [1.165, 1.54) is 22.1 Å². The normalized spacial score (nSPS) is 19.5. The van der Waals surface area contributed by atoms with Gasteiger partial charge in [0.05, 0.1) is 37.6 Å². The molecule has 0 saturated carbocycles. The molecular formula is C19H23F3N4O5. The summed E-state index contributed by atoms with van der Waals surface area (Å²) in [6, 6.07) is 4.24. The summed E-state index contributed by atoms with van der Waals surface area (Å²) in [6.45, 7) is 2.70. The number of alkyl halides is 2. The minimum absolute atomic E-state index is 0.0210. The lowest BCUT2D eigenvalue weighted by molar-refractivity contribution is -0.181. The SMILES string of the molecule is CCC(=O)N1CCN(c2ccc(N3C[C@H](CNC(=O)C(F)F)OC3=O)cc2F)CCO1. The predicted octanol–water partition coefficient (Wildman–Crippen LogP) is 1.52. The smallest absolute Gasteiger partial charge is 0.414 e. The molecule has 0 spiro atoms. The third-order valence-corrected chi connectivity index (χ3v) is 4.92. The summed E-state index contributed by atoms with van der Waals surface area (Å²) < 4.78 is 44.4. The molecule has 0 aromatic heterocycles. The zero-order chi connectivity index (χ0) is 22.5. The average molecular weight is 444 g/mol. The number of hydrogen-bond donors (Lipinski definition) is 1. The van der Waals surface area contributed by atoms with Crippen LogP contribution in [0.15, 0.2) is 18.2 Å². The second kappa shape index (κ2) is 9.86.